The minimum absolute atomic E-state index is 0.0203. The maximum atomic E-state index is 11.5. The second kappa shape index (κ2) is 7.84. The van der Waals surface area contributed by atoms with Crippen LogP contribution in [0.15, 0.2) is 24.3 Å². The second-order valence-corrected chi connectivity index (χ2v) is 4.05. The molecule has 0 aliphatic carbocycles. The molecule has 1 aromatic rings. The van der Waals surface area contributed by atoms with E-state index in [4.69, 9.17) is 9.47 Å². The normalized spacial score (nSPS) is 12.2. The summed E-state index contributed by atoms with van der Waals surface area (Å²) in [6, 6.07) is 7.49. The topological polar surface area (TPSA) is 47.6 Å². The van der Waals surface area contributed by atoms with Crippen LogP contribution in [-0.4, -0.2) is 39.3 Å². The third-order valence-corrected chi connectivity index (χ3v) is 2.75. The van der Waals surface area contributed by atoms with Crippen LogP contribution in [0.4, 0.5) is 5.69 Å². The van der Waals surface area contributed by atoms with E-state index >= 15 is 0 Å². The van der Waals surface area contributed by atoms with Crippen LogP contribution in [0, 0.1) is 0 Å². The van der Waals surface area contributed by atoms with Crippen molar-refractivity contribution < 1.29 is 14.3 Å². The summed E-state index contributed by atoms with van der Waals surface area (Å²) < 4.78 is 10.3. The highest BCUT2D eigenvalue weighted by atomic mass is 16.5. The zero-order chi connectivity index (χ0) is 13.4. The molecule has 1 rings (SSSR count). The Morgan fingerprint density at radius 1 is 1.28 bits per heavy atom. The first-order chi connectivity index (χ1) is 8.71. The summed E-state index contributed by atoms with van der Waals surface area (Å²) in [5, 5.41) is 3.25. The lowest BCUT2D eigenvalue weighted by atomic mass is 10.1. The predicted octanol–water partition coefficient (Wildman–Crippen LogP) is 2.35. The zero-order valence-electron chi connectivity index (χ0n) is 11.2. The van der Waals surface area contributed by atoms with E-state index in [2.05, 4.69) is 5.32 Å². The van der Waals surface area contributed by atoms with Crippen LogP contribution < -0.4 is 5.32 Å². The molecular formula is C14H21NO3. The molecule has 0 saturated heterocycles. The van der Waals surface area contributed by atoms with Gasteiger partial charge >= 0.3 is 0 Å². The Morgan fingerprint density at radius 3 is 2.44 bits per heavy atom. The molecule has 100 valence electrons. The monoisotopic (exact) mass is 251 g/mol. The van der Waals surface area contributed by atoms with Gasteiger partial charge in [0.05, 0.1) is 12.7 Å². The average molecular weight is 251 g/mol. The Hall–Kier alpha value is -1.39. The van der Waals surface area contributed by atoms with E-state index in [1.807, 2.05) is 31.2 Å². The summed E-state index contributed by atoms with van der Waals surface area (Å²) >= 11 is 0. The van der Waals surface area contributed by atoms with Crippen LogP contribution in [0.5, 0.6) is 0 Å². The van der Waals surface area contributed by atoms with Gasteiger partial charge in [0, 0.05) is 38.4 Å². The molecule has 0 spiro atoms. The molecular weight excluding hydrogens is 230 g/mol. The molecule has 0 heterocycles. The van der Waals surface area contributed by atoms with Crippen LogP contribution >= 0.6 is 0 Å². The molecule has 0 aliphatic rings. The number of hydrogen-bond donors (Lipinski definition) is 1. The fourth-order valence-corrected chi connectivity index (χ4v) is 1.61. The highest BCUT2D eigenvalue weighted by Crippen LogP contribution is 2.11. The van der Waals surface area contributed by atoms with Crippen molar-refractivity contribution in [1.29, 1.82) is 0 Å². The summed E-state index contributed by atoms with van der Waals surface area (Å²) in [7, 11) is 3.31. The summed E-state index contributed by atoms with van der Waals surface area (Å²) in [5.41, 5.74) is 1.73. The number of anilines is 1. The van der Waals surface area contributed by atoms with Gasteiger partial charge in [-0.3, -0.25) is 4.79 Å². The lowest BCUT2D eigenvalue weighted by Gasteiger charge is -2.15. The van der Waals surface area contributed by atoms with Gasteiger partial charge in [0.2, 0.25) is 0 Å². The van der Waals surface area contributed by atoms with E-state index in [1.54, 1.807) is 14.2 Å². The van der Waals surface area contributed by atoms with Gasteiger partial charge in [-0.15, -0.1) is 0 Å². The maximum absolute atomic E-state index is 11.5. The lowest BCUT2D eigenvalue weighted by molar-refractivity contribution is 0.0365. The summed E-state index contributed by atoms with van der Waals surface area (Å²) in [6.07, 6.45) is 0.554. The molecule has 0 aliphatic heterocycles. The van der Waals surface area contributed by atoms with Gasteiger partial charge in [0.15, 0.2) is 5.78 Å². The highest BCUT2D eigenvalue weighted by molar-refractivity contribution is 5.96. The second-order valence-electron chi connectivity index (χ2n) is 4.05. The van der Waals surface area contributed by atoms with Gasteiger partial charge in [-0.1, -0.05) is 6.92 Å². The van der Waals surface area contributed by atoms with E-state index in [9.17, 15) is 4.79 Å². The Balaban J connectivity index is 2.50. The van der Waals surface area contributed by atoms with Crippen molar-refractivity contribution in [3.05, 3.63) is 29.8 Å². The number of nitrogens with one attached hydrogen (secondary N) is 1. The van der Waals surface area contributed by atoms with Crippen molar-refractivity contribution in [2.24, 2.45) is 0 Å². The SMILES string of the molecule is CCC(=O)c1ccc(NCC(COC)OC)cc1. The summed E-state index contributed by atoms with van der Waals surface area (Å²) in [6.45, 7) is 3.09. The van der Waals surface area contributed by atoms with Crippen LogP contribution in [0.3, 0.4) is 0 Å². The van der Waals surface area contributed by atoms with E-state index in [1.165, 1.54) is 0 Å². The molecule has 0 fully saturated rings. The third-order valence-electron chi connectivity index (χ3n) is 2.75. The first-order valence-corrected chi connectivity index (χ1v) is 6.10. The number of ether oxygens (including phenoxy) is 2. The Kier molecular flexibility index (Phi) is 6.39. The lowest BCUT2D eigenvalue weighted by Crippen LogP contribution is -2.26. The van der Waals surface area contributed by atoms with Crippen molar-refractivity contribution in [2.75, 3.05) is 32.7 Å². The molecule has 0 saturated carbocycles. The molecule has 1 atom stereocenters. The molecule has 18 heavy (non-hydrogen) atoms. The minimum Gasteiger partial charge on any atom is -0.382 e. The number of benzene rings is 1. The molecule has 4 heteroatoms. The Bertz CT molecular complexity index is 362. The van der Waals surface area contributed by atoms with Gasteiger partial charge < -0.3 is 14.8 Å². The number of hydrogen-bond acceptors (Lipinski definition) is 4. The van der Waals surface area contributed by atoms with Crippen LogP contribution in [0.2, 0.25) is 0 Å². The number of Topliss-reactive ketones (excluding diaryl/α,β-unsaturated/α-hetero) is 1. The average Bonchev–Trinajstić information content (AvgIpc) is 2.43. The quantitative estimate of drug-likeness (QED) is 0.720. The number of rotatable bonds is 8. The number of methoxy groups -OCH3 is 2. The Labute approximate surface area is 108 Å². The number of carbonyl (C=O) groups excluding carboxylic acids is 1. The van der Waals surface area contributed by atoms with Crippen molar-refractivity contribution in [1.82, 2.24) is 0 Å². The number of ketones is 1. The standard InChI is InChI=1S/C14H21NO3/c1-4-14(16)11-5-7-12(8-6-11)15-9-13(18-3)10-17-2/h5-8,13,15H,4,9-10H2,1-3H3. The van der Waals surface area contributed by atoms with E-state index in [-0.39, 0.29) is 11.9 Å². The van der Waals surface area contributed by atoms with Crippen LogP contribution in [0.25, 0.3) is 0 Å². The van der Waals surface area contributed by atoms with Gasteiger partial charge in [-0.2, -0.15) is 0 Å². The molecule has 0 amide bonds. The van der Waals surface area contributed by atoms with Gasteiger partial charge in [0.1, 0.15) is 0 Å². The van der Waals surface area contributed by atoms with E-state index < -0.39 is 0 Å². The van der Waals surface area contributed by atoms with Gasteiger partial charge in [-0.25, -0.2) is 0 Å². The molecule has 1 aromatic carbocycles. The van der Waals surface area contributed by atoms with E-state index in [0.717, 1.165) is 11.3 Å². The first kappa shape index (κ1) is 14.7. The predicted molar refractivity (Wildman–Crippen MR) is 72.2 cm³/mol. The highest BCUT2D eigenvalue weighted by Gasteiger charge is 2.07. The molecule has 0 radical (unpaired) electrons. The van der Waals surface area contributed by atoms with Crippen molar-refractivity contribution in [3.63, 3.8) is 0 Å². The minimum atomic E-state index is 0.0203. The molecule has 0 aromatic heterocycles. The molecule has 1 unspecified atom stereocenters. The van der Waals surface area contributed by atoms with Gasteiger partial charge in [-0.05, 0) is 24.3 Å². The maximum Gasteiger partial charge on any atom is 0.162 e. The smallest absolute Gasteiger partial charge is 0.162 e. The van der Waals surface area contributed by atoms with Gasteiger partial charge in [0.25, 0.3) is 0 Å². The third kappa shape index (κ3) is 4.47. The first-order valence-electron chi connectivity index (χ1n) is 6.10. The Morgan fingerprint density at radius 2 is 1.94 bits per heavy atom. The molecule has 1 N–H and O–H groups in total. The fourth-order valence-electron chi connectivity index (χ4n) is 1.61. The van der Waals surface area contributed by atoms with E-state index in [0.29, 0.717) is 19.6 Å². The van der Waals surface area contributed by atoms with Crippen LogP contribution in [-0.2, 0) is 9.47 Å². The molecule has 0 bridgehead atoms. The fraction of sp³-hybridized carbons (Fsp3) is 0.500. The number of carbonyl (C=O) groups is 1. The van der Waals surface area contributed by atoms with Crippen molar-refractivity contribution in [2.45, 2.75) is 19.4 Å². The summed E-state index contributed by atoms with van der Waals surface area (Å²) in [5.74, 6) is 0.163. The van der Waals surface area contributed by atoms with Crippen molar-refractivity contribution >= 4 is 11.5 Å². The zero-order valence-corrected chi connectivity index (χ0v) is 11.2. The summed E-state index contributed by atoms with van der Waals surface area (Å²) in [4.78, 5) is 11.5. The molecule has 4 nitrogen and oxygen atoms in total. The van der Waals surface area contributed by atoms with Crippen LogP contribution in [0.1, 0.15) is 23.7 Å². The largest absolute Gasteiger partial charge is 0.382 e. The van der Waals surface area contributed by atoms with Crippen molar-refractivity contribution in [3.8, 4) is 0 Å².